The zero-order chi connectivity index (χ0) is 13.2. The normalized spacial score (nSPS) is 11.6. The lowest BCUT2D eigenvalue weighted by molar-refractivity contribution is 0.467. The molecule has 0 amide bonds. The average Bonchev–Trinajstić information content (AvgIpc) is 2.76. The maximum absolute atomic E-state index is 11.9. The van der Waals surface area contributed by atoms with E-state index in [0.717, 1.165) is 11.3 Å². The van der Waals surface area contributed by atoms with Gasteiger partial charge in [-0.3, -0.25) is 0 Å². The van der Waals surface area contributed by atoms with E-state index in [-0.39, 0.29) is 16.5 Å². The number of hydrogen-bond acceptors (Lipinski definition) is 4. The van der Waals surface area contributed by atoms with Crippen LogP contribution in [0.1, 0.15) is 5.56 Å². The van der Waals surface area contributed by atoms with Gasteiger partial charge in [0.1, 0.15) is 9.96 Å². The molecule has 7 heteroatoms. The highest BCUT2D eigenvalue weighted by Gasteiger charge is 2.16. The molecule has 0 radical (unpaired) electrons. The van der Waals surface area contributed by atoms with Crippen LogP contribution in [0, 0.1) is 0 Å². The first-order chi connectivity index (χ1) is 8.49. The molecule has 1 heterocycles. The summed E-state index contributed by atoms with van der Waals surface area (Å²) in [6.45, 7) is 0.0323. The van der Waals surface area contributed by atoms with Crippen molar-refractivity contribution in [3.63, 3.8) is 0 Å². The molecule has 0 aliphatic rings. The second-order valence-electron chi connectivity index (χ2n) is 3.51. The quantitative estimate of drug-likeness (QED) is 0.912. The van der Waals surface area contributed by atoms with Crippen molar-refractivity contribution in [3.8, 4) is 5.75 Å². The molecule has 0 unspecified atom stereocenters. The lowest BCUT2D eigenvalue weighted by Gasteiger charge is -2.06. The molecule has 4 nitrogen and oxygen atoms in total. The zero-order valence-electron chi connectivity index (χ0n) is 9.13. The van der Waals surface area contributed by atoms with Gasteiger partial charge >= 0.3 is 0 Å². The van der Waals surface area contributed by atoms with E-state index in [0.29, 0.717) is 9.90 Å². The van der Waals surface area contributed by atoms with Crippen molar-refractivity contribution in [1.29, 1.82) is 0 Å². The van der Waals surface area contributed by atoms with Crippen LogP contribution in [0.5, 0.6) is 5.75 Å². The number of hydrogen-bond donors (Lipinski definition) is 2. The highest BCUT2D eigenvalue weighted by molar-refractivity contribution is 7.91. The van der Waals surface area contributed by atoms with Crippen molar-refractivity contribution in [2.75, 3.05) is 0 Å². The van der Waals surface area contributed by atoms with E-state index in [1.807, 2.05) is 0 Å². The van der Waals surface area contributed by atoms with Crippen LogP contribution in [0.4, 0.5) is 0 Å². The fourth-order valence-corrected chi connectivity index (χ4v) is 3.88. The highest BCUT2D eigenvalue weighted by atomic mass is 35.5. The zero-order valence-corrected chi connectivity index (χ0v) is 11.5. The number of phenols is 1. The Morgan fingerprint density at radius 3 is 2.56 bits per heavy atom. The Bertz CT molecular complexity index is 652. The van der Waals surface area contributed by atoms with Crippen molar-refractivity contribution < 1.29 is 13.5 Å². The van der Waals surface area contributed by atoms with Gasteiger partial charge in [-0.1, -0.05) is 29.8 Å². The van der Waals surface area contributed by atoms with E-state index in [4.69, 9.17) is 11.6 Å². The third-order valence-electron chi connectivity index (χ3n) is 2.26. The van der Waals surface area contributed by atoms with E-state index < -0.39 is 10.0 Å². The number of nitrogens with one attached hydrogen (secondary N) is 1. The molecule has 2 N–H and O–H groups in total. The number of thiophene rings is 1. The van der Waals surface area contributed by atoms with Crippen molar-refractivity contribution in [2.45, 2.75) is 10.8 Å². The maximum atomic E-state index is 11.9. The van der Waals surface area contributed by atoms with Gasteiger partial charge < -0.3 is 5.11 Å². The van der Waals surface area contributed by atoms with Crippen molar-refractivity contribution >= 4 is 33.0 Å². The average molecular weight is 304 g/mol. The first kappa shape index (κ1) is 13.4. The molecule has 0 spiro atoms. The standard InChI is InChI=1S/C11H10ClNO3S2/c12-10-5-6-11(17-10)18(15,16)13-7-8-3-1-2-4-9(8)14/h1-6,13-14H,7H2. The Hall–Kier alpha value is -1.08. The minimum atomic E-state index is -3.58. The van der Waals surface area contributed by atoms with Crippen LogP contribution < -0.4 is 4.72 Å². The molecular formula is C11H10ClNO3S2. The molecule has 0 saturated heterocycles. The summed E-state index contributed by atoms with van der Waals surface area (Å²) in [5, 5.41) is 9.53. The number of rotatable bonds is 4. The number of aromatic hydroxyl groups is 1. The smallest absolute Gasteiger partial charge is 0.250 e. The molecule has 18 heavy (non-hydrogen) atoms. The lowest BCUT2D eigenvalue weighted by Crippen LogP contribution is -2.22. The largest absolute Gasteiger partial charge is 0.508 e. The number of halogens is 1. The maximum Gasteiger partial charge on any atom is 0.250 e. The Balaban J connectivity index is 2.13. The second-order valence-corrected chi connectivity index (χ2v) is 7.22. The summed E-state index contributed by atoms with van der Waals surface area (Å²) in [4.78, 5) is 0. The van der Waals surface area contributed by atoms with Crippen LogP contribution in [0.2, 0.25) is 4.34 Å². The highest BCUT2D eigenvalue weighted by Crippen LogP contribution is 2.25. The predicted octanol–water partition coefficient (Wildman–Crippen LogP) is 2.59. The summed E-state index contributed by atoms with van der Waals surface area (Å²) in [5.41, 5.74) is 0.517. The molecule has 2 aromatic rings. The lowest BCUT2D eigenvalue weighted by atomic mass is 10.2. The topological polar surface area (TPSA) is 66.4 Å². The van der Waals surface area contributed by atoms with Gasteiger partial charge in [0, 0.05) is 12.1 Å². The third-order valence-corrected chi connectivity index (χ3v) is 5.38. The van der Waals surface area contributed by atoms with Gasteiger partial charge in [0.2, 0.25) is 10.0 Å². The molecule has 0 aliphatic heterocycles. The monoisotopic (exact) mass is 303 g/mol. The fourth-order valence-electron chi connectivity index (χ4n) is 1.35. The molecule has 2 rings (SSSR count). The number of para-hydroxylation sites is 1. The third kappa shape index (κ3) is 3.02. The molecule has 0 saturated carbocycles. The van der Waals surface area contributed by atoms with Crippen LogP contribution in [-0.4, -0.2) is 13.5 Å². The van der Waals surface area contributed by atoms with Crippen molar-refractivity contribution in [2.24, 2.45) is 0 Å². The summed E-state index contributed by atoms with van der Waals surface area (Å²) < 4.78 is 26.8. The van der Waals surface area contributed by atoms with Crippen LogP contribution in [0.3, 0.4) is 0 Å². The minimum absolute atomic E-state index is 0.0323. The summed E-state index contributed by atoms with van der Waals surface area (Å²) in [5.74, 6) is 0.0596. The van der Waals surface area contributed by atoms with E-state index in [9.17, 15) is 13.5 Å². The Labute approximate surface area is 114 Å². The molecule has 0 aliphatic carbocycles. The van der Waals surface area contributed by atoms with Gasteiger partial charge in [0.15, 0.2) is 0 Å². The predicted molar refractivity (Wildman–Crippen MR) is 71.5 cm³/mol. The molecule has 0 bridgehead atoms. The molecule has 96 valence electrons. The summed E-state index contributed by atoms with van der Waals surface area (Å²) >= 11 is 6.68. The molecule has 0 atom stereocenters. The van der Waals surface area contributed by atoms with Crippen LogP contribution in [0.25, 0.3) is 0 Å². The number of sulfonamides is 1. The van der Waals surface area contributed by atoms with Crippen LogP contribution in [-0.2, 0) is 16.6 Å². The summed E-state index contributed by atoms with van der Waals surface area (Å²) in [6.07, 6.45) is 0. The van der Waals surface area contributed by atoms with E-state index >= 15 is 0 Å². The molecule has 1 aromatic heterocycles. The number of benzene rings is 1. The second kappa shape index (κ2) is 5.27. The van der Waals surface area contributed by atoms with Gasteiger partial charge in [-0.2, -0.15) is 0 Å². The van der Waals surface area contributed by atoms with Gasteiger partial charge in [0.05, 0.1) is 4.34 Å². The SMILES string of the molecule is O=S(=O)(NCc1ccccc1O)c1ccc(Cl)s1. The van der Waals surface area contributed by atoms with E-state index in [1.54, 1.807) is 18.2 Å². The fraction of sp³-hybridized carbons (Fsp3) is 0.0909. The summed E-state index contributed by atoms with van der Waals surface area (Å²) in [6, 6.07) is 9.53. The van der Waals surface area contributed by atoms with Gasteiger partial charge in [0.25, 0.3) is 0 Å². The molecular weight excluding hydrogens is 294 g/mol. The number of phenolic OH excluding ortho intramolecular Hbond substituents is 1. The first-order valence-electron chi connectivity index (χ1n) is 5.01. The Morgan fingerprint density at radius 2 is 1.94 bits per heavy atom. The van der Waals surface area contributed by atoms with Gasteiger partial charge in [-0.15, -0.1) is 11.3 Å². The van der Waals surface area contributed by atoms with Gasteiger partial charge in [-0.25, -0.2) is 13.1 Å². The summed E-state index contributed by atoms with van der Waals surface area (Å²) in [7, 11) is -3.58. The Kier molecular flexibility index (Phi) is 3.91. The van der Waals surface area contributed by atoms with E-state index in [1.165, 1.54) is 18.2 Å². The van der Waals surface area contributed by atoms with Crippen molar-refractivity contribution in [3.05, 3.63) is 46.3 Å². The Morgan fingerprint density at radius 1 is 1.22 bits per heavy atom. The first-order valence-corrected chi connectivity index (χ1v) is 7.69. The van der Waals surface area contributed by atoms with Crippen molar-refractivity contribution in [1.82, 2.24) is 4.72 Å². The van der Waals surface area contributed by atoms with E-state index in [2.05, 4.69) is 4.72 Å². The minimum Gasteiger partial charge on any atom is -0.508 e. The van der Waals surface area contributed by atoms with Crippen LogP contribution >= 0.6 is 22.9 Å². The molecule has 1 aromatic carbocycles. The van der Waals surface area contributed by atoms with Crippen LogP contribution in [0.15, 0.2) is 40.6 Å². The van der Waals surface area contributed by atoms with Gasteiger partial charge in [-0.05, 0) is 18.2 Å². The molecule has 0 fully saturated rings.